The second-order valence-electron chi connectivity index (χ2n) is 2.30. The van der Waals surface area contributed by atoms with E-state index in [1.54, 1.807) is 0 Å². The van der Waals surface area contributed by atoms with E-state index in [-0.39, 0.29) is 11.9 Å². The molecule has 0 saturated carbocycles. The maximum absolute atomic E-state index is 11.9. The Bertz CT molecular complexity index is 224. The molecule has 0 aromatic carbocycles. The highest BCUT2D eigenvalue weighted by atomic mass is 19.1. The Balaban J connectivity index is 2.71. The van der Waals surface area contributed by atoms with Gasteiger partial charge in [-0.1, -0.05) is 0 Å². The van der Waals surface area contributed by atoms with Crippen molar-refractivity contribution in [3.63, 3.8) is 0 Å². The fourth-order valence-electron chi connectivity index (χ4n) is 0.729. The quantitative estimate of drug-likeness (QED) is 0.723. The van der Waals surface area contributed by atoms with Gasteiger partial charge in [0, 0.05) is 0 Å². The number of nitrogens with zero attached hydrogens (tertiary/aromatic N) is 1. The summed E-state index contributed by atoms with van der Waals surface area (Å²) >= 11 is 0. The number of rotatable bonds is 3. The van der Waals surface area contributed by atoms with Crippen LogP contribution in [0.15, 0.2) is 10.6 Å². The van der Waals surface area contributed by atoms with Crippen LogP contribution in [0.25, 0.3) is 0 Å². The summed E-state index contributed by atoms with van der Waals surface area (Å²) in [5, 5.41) is 2.96. The molecule has 0 bridgehead atoms. The minimum atomic E-state index is -0.642. The van der Waals surface area contributed by atoms with Gasteiger partial charge >= 0.3 is 0 Å². The zero-order valence-corrected chi connectivity index (χ0v) is 6.60. The van der Waals surface area contributed by atoms with Crippen molar-refractivity contribution in [2.75, 3.05) is 7.05 Å². The van der Waals surface area contributed by atoms with Crippen LogP contribution in [0.1, 0.15) is 24.6 Å². The molecule has 0 radical (unpaired) electrons. The second kappa shape index (κ2) is 3.48. The molecule has 1 unspecified atom stereocenters. The molecule has 4 heteroatoms. The van der Waals surface area contributed by atoms with Gasteiger partial charge in [-0.25, -0.2) is 9.37 Å². The Morgan fingerprint density at radius 2 is 2.55 bits per heavy atom. The number of halogens is 1. The maximum Gasteiger partial charge on any atom is 0.225 e. The number of alkyl halides is 1. The van der Waals surface area contributed by atoms with Gasteiger partial charge in [0.1, 0.15) is 5.76 Å². The Hall–Kier alpha value is -0.900. The number of oxazole rings is 1. The Morgan fingerprint density at radius 1 is 1.82 bits per heavy atom. The van der Waals surface area contributed by atoms with Crippen molar-refractivity contribution in [3.8, 4) is 0 Å². The van der Waals surface area contributed by atoms with E-state index in [4.69, 9.17) is 4.42 Å². The van der Waals surface area contributed by atoms with Gasteiger partial charge in [0.15, 0.2) is 6.67 Å². The largest absolute Gasteiger partial charge is 0.441 e. The van der Waals surface area contributed by atoms with Gasteiger partial charge in [0.2, 0.25) is 5.89 Å². The van der Waals surface area contributed by atoms with Crippen molar-refractivity contribution in [2.24, 2.45) is 0 Å². The summed E-state index contributed by atoms with van der Waals surface area (Å²) in [6.07, 6.45) is 1.54. The standard InChI is InChI=1S/C7H11FN2O/c1-5(9-2)6-4-10-7(3-8)11-6/h4-5,9H,3H2,1-2H3. The van der Waals surface area contributed by atoms with Crippen molar-refractivity contribution in [3.05, 3.63) is 17.8 Å². The summed E-state index contributed by atoms with van der Waals surface area (Å²) in [6, 6.07) is 0.0859. The van der Waals surface area contributed by atoms with E-state index in [1.807, 2.05) is 14.0 Å². The number of hydrogen-bond acceptors (Lipinski definition) is 3. The molecule has 0 spiro atoms. The summed E-state index contributed by atoms with van der Waals surface area (Å²) in [7, 11) is 1.81. The lowest BCUT2D eigenvalue weighted by Gasteiger charge is -2.03. The van der Waals surface area contributed by atoms with Crippen LogP contribution in [-0.4, -0.2) is 12.0 Å². The highest BCUT2D eigenvalue weighted by molar-refractivity contribution is 4.98. The van der Waals surface area contributed by atoms with Crippen molar-refractivity contribution in [1.82, 2.24) is 10.3 Å². The minimum Gasteiger partial charge on any atom is -0.441 e. The summed E-state index contributed by atoms with van der Waals surface area (Å²) in [4.78, 5) is 3.72. The molecule has 3 nitrogen and oxygen atoms in total. The van der Waals surface area contributed by atoms with Crippen LogP contribution in [0.2, 0.25) is 0 Å². The van der Waals surface area contributed by atoms with Crippen LogP contribution in [0.3, 0.4) is 0 Å². The summed E-state index contributed by atoms with van der Waals surface area (Å²) < 4.78 is 17.0. The first-order chi connectivity index (χ1) is 5.27. The molecule has 1 N–H and O–H groups in total. The van der Waals surface area contributed by atoms with Gasteiger partial charge in [-0.05, 0) is 14.0 Å². The third-order valence-corrected chi connectivity index (χ3v) is 1.55. The lowest BCUT2D eigenvalue weighted by Crippen LogP contribution is -2.11. The number of nitrogens with one attached hydrogen (secondary N) is 1. The molecule has 11 heavy (non-hydrogen) atoms. The second-order valence-corrected chi connectivity index (χ2v) is 2.30. The molecular weight excluding hydrogens is 147 g/mol. The SMILES string of the molecule is CNC(C)c1cnc(CF)o1. The molecule has 1 aromatic rings. The lowest BCUT2D eigenvalue weighted by molar-refractivity contribution is 0.351. The molecule has 0 amide bonds. The third kappa shape index (κ3) is 1.77. The van der Waals surface area contributed by atoms with E-state index in [9.17, 15) is 4.39 Å². The first-order valence-corrected chi connectivity index (χ1v) is 3.45. The van der Waals surface area contributed by atoms with Gasteiger partial charge in [-0.3, -0.25) is 0 Å². The zero-order valence-electron chi connectivity index (χ0n) is 6.60. The van der Waals surface area contributed by atoms with Gasteiger partial charge < -0.3 is 9.73 Å². The highest BCUT2D eigenvalue weighted by Crippen LogP contribution is 2.13. The van der Waals surface area contributed by atoms with Gasteiger partial charge in [0.25, 0.3) is 0 Å². The average molecular weight is 158 g/mol. The smallest absolute Gasteiger partial charge is 0.225 e. The predicted octanol–water partition coefficient (Wildman–Crippen LogP) is 1.42. The highest BCUT2D eigenvalue weighted by Gasteiger charge is 2.08. The van der Waals surface area contributed by atoms with E-state index in [2.05, 4.69) is 10.3 Å². The first-order valence-electron chi connectivity index (χ1n) is 3.45. The molecule has 0 aliphatic carbocycles. The normalized spacial score (nSPS) is 13.4. The molecule has 1 aromatic heterocycles. The van der Waals surface area contributed by atoms with E-state index >= 15 is 0 Å². The van der Waals surface area contributed by atoms with E-state index in [0.29, 0.717) is 5.76 Å². The molecule has 1 rings (SSSR count). The third-order valence-electron chi connectivity index (χ3n) is 1.55. The molecule has 0 saturated heterocycles. The molecule has 0 fully saturated rings. The predicted molar refractivity (Wildman–Crippen MR) is 38.8 cm³/mol. The molecule has 1 atom stereocenters. The Labute approximate surface area is 64.6 Å². The fraction of sp³-hybridized carbons (Fsp3) is 0.571. The average Bonchev–Trinajstić information content (AvgIpc) is 2.50. The fourth-order valence-corrected chi connectivity index (χ4v) is 0.729. The van der Waals surface area contributed by atoms with Crippen LogP contribution < -0.4 is 5.32 Å². The Morgan fingerprint density at radius 3 is 3.00 bits per heavy atom. The van der Waals surface area contributed by atoms with E-state index in [0.717, 1.165) is 0 Å². The molecule has 0 aliphatic heterocycles. The molecule has 62 valence electrons. The van der Waals surface area contributed by atoms with Gasteiger partial charge in [-0.15, -0.1) is 0 Å². The van der Waals surface area contributed by atoms with E-state index < -0.39 is 6.67 Å². The molecular formula is C7H11FN2O. The minimum absolute atomic E-state index is 0.0859. The van der Waals surface area contributed by atoms with Crippen LogP contribution in [0.5, 0.6) is 0 Å². The number of aromatic nitrogens is 1. The molecule has 0 aliphatic rings. The lowest BCUT2D eigenvalue weighted by atomic mass is 10.3. The van der Waals surface area contributed by atoms with Crippen molar-refractivity contribution in [1.29, 1.82) is 0 Å². The number of hydrogen-bond donors (Lipinski definition) is 1. The topological polar surface area (TPSA) is 38.1 Å². The summed E-state index contributed by atoms with van der Waals surface area (Å²) in [5.74, 6) is 0.808. The van der Waals surface area contributed by atoms with Crippen LogP contribution in [0, 0.1) is 0 Å². The summed E-state index contributed by atoms with van der Waals surface area (Å²) in [5.41, 5.74) is 0. The van der Waals surface area contributed by atoms with Crippen molar-refractivity contribution >= 4 is 0 Å². The Kier molecular flexibility index (Phi) is 2.59. The van der Waals surface area contributed by atoms with Crippen molar-refractivity contribution < 1.29 is 8.81 Å². The molecule has 1 heterocycles. The summed E-state index contributed by atoms with van der Waals surface area (Å²) in [6.45, 7) is 1.28. The van der Waals surface area contributed by atoms with Crippen molar-refractivity contribution in [2.45, 2.75) is 19.6 Å². The maximum atomic E-state index is 11.9. The van der Waals surface area contributed by atoms with Gasteiger partial charge in [0.05, 0.1) is 12.2 Å². The first kappa shape index (κ1) is 8.20. The zero-order chi connectivity index (χ0) is 8.27. The van der Waals surface area contributed by atoms with Crippen LogP contribution in [0.4, 0.5) is 4.39 Å². The van der Waals surface area contributed by atoms with Crippen LogP contribution in [-0.2, 0) is 6.67 Å². The van der Waals surface area contributed by atoms with Crippen LogP contribution >= 0.6 is 0 Å². The van der Waals surface area contributed by atoms with E-state index in [1.165, 1.54) is 6.20 Å². The van der Waals surface area contributed by atoms with Gasteiger partial charge in [-0.2, -0.15) is 0 Å². The monoisotopic (exact) mass is 158 g/mol.